The Labute approximate surface area is 188 Å². The smallest absolute Gasteiger partial charge is 0.330 e. The van der Waals surface area contributed by atoms with Crippen LogP contribution < -0.4 is 0 Å². The number of esters is 1. The number of aliphatic hydroxyl groups is 2. The van der Waals surface area contributed by atoms with Crippen molar-refractivity contribution in [1.29, 1.82) is 0 Å². The zero-order valence-electron chi connectivity index (χ0n) is 20.0. The SMILES string of the molecule is CN(C)CCOC(=O)/C=C/[C@H]1CC[C@]2(O)C3CC[C@@H]4C[C@@H](O)CC[C@]4(C)C3CC[C@]12C. The van der Waals surface area contributed by atoms with Crippen molar-refractivity contribution in [2.75, 3.05) is 27.2 Å². The number of rotatable bonds is 5. The lowest BCUT2D eigenvalue weighted by atomic mass is 9.43. The summed E-state index contributed by atoms with van der Waals surface area (Å²) in [5, 5.41) is 22.4. The third-order valence-electron chi connectivity index (χ3n) is 10.1. The summed E-state index contributed by atoms with van der Waals surface area (Å²) < 4.78 is 5.32. The Morgan fingerprint density at radius 3 is 2.58 bits per heavy atom. The topological polar surface area (TPSA) is 70.0 Å². The van der Waals surface area contributed by atoms with Crippen LogP contribution in [-0.4, -0.2) is 60.0 Å². The zero-order chi connectivity index (χ0) is 22.4. The van der Waals surface area contributed by atoms with E-state index in [0.29, 0.717) is 24.4 Å². The first-order valence-electron chi connectivity index (χ1n) is 12.5. The van der Waals surface area contributed by atoms with E-state index in [1.165, 1.54) is 0 Å². The molecule has 0 saturated heterocycles. The first-order valence-corrected chi connectivity index (χ1v) is 12.5. The van der Waals surface area contributed by atoms with Crippen molar-refractivity contribution in [3.05, 3.63) is 12.2 Å². The molecule has 2 unspecified atom stereocenters. The van der Waals surface area contributed by atoms with Gasteiger partial charge < -0.3 is 19.8 Å². The first kappa shape index (κ1) is 23.3. The molecule has 0 radical (unpaired) electrons. The number of hydrogen-bond donors (Lipinski definition) is 2. The summed E-state index contributed by atoms with van der Waals surface area (Å²) in [7, 11) is 3.92. The summed E-state index contributed by atoms with van der Waals surface area (Å²) in [4.78, 5) is 14.2. The Morgan fingerprint density at radius 2 is 1.84 bits per heavy atom. The van der Waals surface area contributed by atoms with Gasteiger partial charge in [-0.2, -0.15) is 0 Å². The fourth-order valence-electron chi connectivity index (χ4n) is 8.12. The maximum absolute atomic E-state index is 12.2. The Hall–Kier alpha value is -0.910. The number of hydrogen-bond acceptors (Lipinski definition) is 5. The molecule has 0 heterocycles. The molecule has 0 spiro atoms. The summed E-state index contributed by atoms with van der Waals surface area (Å²) in [5.74, 6) is 1.44. The second kappa shape index (κ2) is 8.46. The molecule has 5 heteroatoms. The van der Waals surface area contributed by atoms with E-state index in [-0.39, 0.29) is 28.8 Å². The molecule has 4 fully saturated rings. The van der Waals surface area contributed by atoms with Gasteiger partial charge in [0.05, 0.1) is 11.7 Å². The molecule has 0 aromatic rings. The fourth-order valence-corrected chi connectivity index (χ4v) is 8.12. The van der Waals surface area contributed by atoms with Gasteiger partial charge in [0.1, 0.15) is 6.61 Å². The molecular formula is C26H43NO4. The minimum atomic E-state index is -0.649. The van der Waals surface area contributed by atoms with Crippen LogP contribution in [0, 0.1) is 34.5 Å². The third-order valence-corrected chi connectivity index (χ3v) is 10.1. The molecule has 2 N–H and O–H groups in total. The fraction of sp³-hybridized carbons (Fsp3) is 0.885. The van der Waals surface area contributed by atoms with Crippen molar-refractivity contribution in [3.63, 3.8) is 0 Å². The number of likely N-dealkylation sites (N-methyl/N-ethyl adjacent to an activating group) is 1. The molecule has 4 rings (SSSR count). The maximum atomic E-state index is 12.2. The number of nitrogens with zero attached hydrogens (tertiary/aromatic N) is 1. The predicted molar refractivity (Wildman–Crippen MR) is 121 cm³/mol. The molecule has 4 saturated carbocycles. The Balaban J connectivity index is 1.47. The van der Waals surface area contributed by atoms with E-state index >= 15 is 0 Å². The highest BCUT2D eigenvalue weighted by molar-refractivity contribution is 5.81. The van der Waals surface area contributed by atoms with E-state index in [0.717, 1.165) is 64.3 Å². The van der Waals surface area contributed by atoms with Crippen molar-refractivity contribution >= 4 is 5.97 Å². The number of ether oxygens (including phenoxy) is 1. The highest BCUT2D eigenvalue weighted by Crippen LogP contribution is 2.69. The minimum Gasteiger partial charge on any atom is -0.461 e. The standard InChI is InChI=1S/C26H43NO4/c1-24-12-10-20(28)17-19(24)5-7-22-21(24)11-13-25(2)18(9-14-26(22,25)30)6-8-23(29)31-16-15-27(3)4/h6,8,18-22,28,30H,5,7,9-17H2,1-4H3/b8-6+/t18-,19+,20-,21?,22?,24-,25+,26-/m0/s1. The molecular weight excluding hydrogens is 390 g/mol. The second-order valence-corrected chi connectivity index (χ2v) is 11.8. The van der Waals surface area contributed by atoms with E-state index < -0.39 is 5.60 Å². The molecule has 31 heavy (non-hydrogen) atoms. The van der Waals surface area contributed by atoms with E-state index in [2.05, 4.69) is 13.8 Å². The average Bonchev–Trinajstić information content (AvgIpc) is 2.97. The van der Waals surface area contributed by atoms with Crippen molar-refractivity contribution in [2.24, 2.45) is 34.5 Å². The molecule has 4 aliphatic rings. The molecule has 176 valence electrons. The molecule has 4 aliphatic carbocycles. The molecule has 0 bridgehead atoms. The van der Waals surface area contributed by atoms with Gasteiger partial charge in [0.25, 0.3) is 0 Å². The van der Waals surface area contributed by atoms with Crippen LogP contribution in [0.4, 0.5) is 0 Å². The van der Waals surface area contributed by atoms with Crippen LogP contribution in [0.25, 0.3) is 0 Å². The summed E-state index contributed by atoms with van der Waals surface area (Å²) in [5.41, 5.74) is -0.570. The number of carbonyl (C=O) groups excluding carboxylic acids is 1. The number of fused-ring (bicyclic) bond motifs is 5. The van der Waals surface area contributed by atoms with Gasteiger partial charge in [0.15, 0.2) is 0 Å². The molecule has 5 nitrogen and oxygen atoms in total. The van der Waals surface area contributed by atoms with E-state index in [4.69, 9.17) is 4.74 Å². The normalized spacial score (nSPS) is 47.1. The van der Waals surface area contributed by atoms with E-state index in [1.807, 2.05) is 25.1 Å². The Kier molecular flexibility index (Phi) is 6.35. The van der Waals surface area contributed by atoms with Gasteiger partial charge in [-0.15, -0.1) is 0 Å². The number of allylic oxidation sites excluding steroid dienone is 1. The summed E-state index contributed by atoms with van der Waals surface area (Å²) >= 11 is 0. The molecule has 0 aromatic heterocycles. The number of aliphatic hydroxyl groups excluding tert-OH is 1. The summed E-state index contributed by atoms with van der Waals surface area (Å²) in [6.07, 6.45) is 12.6. The van der Waals surface area contributed by atoms with Crippen molar-refractivity contribution in [3.8, 4) is 0 Å². The Morgan fingerprint density at radius 1 is 1.06 bits per heavy atom. The van der Waals surface area contributed by atoms with Gasteiger partial charge in [0.2, 0.25) is 0 Å². The van der Waals surface area contributed by atoms with Crippen LogP contribution in [0.3, 0.4) is 0 Å². The number of carbonyl (C=O) groups is 1. The maximum Gasteiger partial charge on any atom is 0.330 e. The van der Waals surface area contributed by atoms with Crippen LogP contribution in [0.15, 0.2) is 12.2 Å². The van der Waals surface area contributed by atoms with Gasteiger partial charge in [-0.1, -0.05) is 19.9 Å². The largest absolute Gasteiger partial charge is 0.461 e. The van der Waals surface area contributed by atoms with Crippen molar-refractivity contribution in [1.82, 2.24) is 4.90 Å². The molecule has 0 amide bonds. The van der Waals surface area contributed by atoms with Gasteiger partial charge in [-0.05, 0) is 101 Å². The molecule has 0 aromatic carbocycles. The highest BCUT2D eigenvalue weighted by Gasteiger charge is 2.66. The van der Waals surface area contributed by atoms with Gasteiger partial charge in [0, 0.05) is 18.0 Å². The average molecular weight is 434 g/mol. The van der Waals surface area contributed by atoms with Crippen LogP contribution in [0.2, 0.25) is 0 Å². The van der Waals surface area contributed by atoms with Crippen molar-refractivity contribution < 1.29 is 19.7 Å². The minimum absolute atomic E-state index is 0.134. The van der Waals surface area contributed by atoms with Crippen LogP contribution in [-0.2, 0) is 9.53 Å². The summed E-state index contributed by atoms with van der Waals surface area (Å²) in [6, 6.07) is 0. The summed E-state index contributed by atoms with van der Waals surface area (Å²) in [6.45, 7) is 5.84. The lowest BCUT2D eigenvalue weighted by Crippen LogP contribution is -2.62. The lowest BCUT2D eigenvalue weighted by Gasteiger charge is -2.63. The quantitative estimate of drug-likeness (QED) is 0.510. The molecule has 0 aliphatic heterocycles. The monoisotopic (exact) mass is 433 g/mol. The predicted octanol–water partition coefficient (Wildman–Crippen LogP) is 3.78. The highest BCUT2D eigenvalue weighted by atomic mass is 16.5. The van der Waals surface area contributed by atoms with E-state index in [1.54, 1.807) is 6.08 Å². The molecule has 8 atom stereocenters. The van der Waals surface area contributed by atoms with Gasteiger partial charge in [-0.3, -0.25) is 0 Å². The first-order chi connectivity index (χ1) is 14.6. The second-order valence-electron chi connectivity index (χ2n) is 11.8. The van der Waals surface area contributed by atoms with Gasteiger partial charge in [-0.25, -0.2) is 4.79 Å². The third kappa shape index (κ3) is 3.89. The van der Waals surface area contributed by atoms with Gasteiger partial charge >= 0.3 is 5.97 Å². The van der Waals surface area contributed by atoms with Crippen LogP contribution in [0.1, 0.15) is 71.6 Å². The lowest BCUT2D eigenvalue weighted by molar-refractivity contribution is -0.207. The van der Waals surface area contributed by atoms with E-state index in [9.17, 15) is 15.0 Å². The van der Waals surface area contributed by atoms with Crippen LogP contribution >= 0.6 is 0 Å². The zero-order valence-corrected chi connectivity index (χ0v) is 20.0. The Bertz CT molecular complexity index is 708. The van der Waals surface area contributed by atoms with Crippen molar-refractivity contribution in [2.45, 2.75) is 83.3 Å². The van der Waals surface area contributed by atoms with Crippen LogP contribution in [0.5, 0.6) is 0 Å².